The molecular formula is C15H25N. The quantitative estimate of drug-likeness (QED) is 0.800. The van der Waals surface area contributed by atoms with Crippen molar-refractivity contribution in [2.24, 2.45) is 5.73 Å². The first kappa shape index (κ1) is 13.2. The molecule has 1 aromatic rings. The Morgan fingerprint density at radius 3 is 2.06 bits per heavy atom. The van der Waals surface area contributed by atoms with Crippen molar-refractivity contribution in [3.05, 3.63) is 34.9 Å². The highest BCUT2D eigenvalue weighted by atomic mass is 14.6. The van der Waals surface area contributed by atoms with Crippen molar-refractivity contribution in [3.8, 4) is 0 Å². The highest BCUT2D eigenvalue weighted by molar-refractivity contribution is 5.37. The SMILES string of the molecule is CC[C@@H](N)c1ccc(C(C)C)cc1C(C)C. The molecule has 0 fully saturated rings. The van der Waals surface area contributed by atoms with E-state index in [0.29, 0.717) is 11.8 Å². The van der Waals surface area contributed by atoms with E-state index in [2.05, 4.69) is 52.8 Å². The van der Waals surface area contributed by atoms with E-state index < -0.39 is 0 Å². The van der Waals surface area contributed by atoms with Crippen LogP contribution in [0.1, 0.15) is 75.6 Å². The molecule has 1 aromatic carbocycles. The Bertz CT molecular complexity index is 339. The van der Waals surface area contributed by atoms with Crippen LogP contribution in [0.2, 0.25) is 0 Å². The maximum atomic E-state index is 6.16. The lowest BCUT2D eigenvalue weighted by Crippen LogP contribution is -2.12. The van der Waals surface area contributed by atoms with Gasteiger partial charge in [-0.25, -0.2) is 0 Å². The van der Waals surface area contributed by atoms with Gasteiger partial charge in [0.15, 0.2) is 0 Å². The van der Waals surface area contributed by atoms with Crippen molar-refractivity contribution in [1.29, 1.82) is 0 Å². The van der Waals surface area contributed by atoms with Crippen LogP contribution in [0, 0.1) is 0 Å². The lowest BCUT2D eigenvalue weighted by molar-refractivity contribution is 0.676. The molecule has 0 spiro atoms. The zero-order chi connectivity index (χ0) is 12.3. The fraction of sp³-hybridized carbons (Fsp3) is 0.600. The van der Waals surface area contributed by atoms with Gasteiger partial charge in [0, 0.05) is 6.04 Å². The average Bonchev–Trinajstić information content (AvgIpc) is 2.26. The summed E-state index contributed by atoms with van der Waals surface area (Å²) in [5, 5.41) is 0. The van der Waals surface area contributed by atoms with E-state index in [9.17, 15) is 0 Å². The van der Waals surface area contributed by atoms with Gasteiger partial charge in [0.1, 0.15) is 0 Å². The van der Waals surface area contributed by atoms with Crippen LogP contribution < -0.4 is 5.73 Å². The molecule has 0 aliphatic heterocycles. The van der Waals surface area contributed by atoms with Crippen LogP contribution in [-0.2, 0) is 0 Å². The van der Waals surface area contributed by atoms with E-state index in [-0.39, 0.29) is 6.04 Å². The first-order valence-electron chi connectivity index (χ1n) is 6.36. The predicted molar refractivity (Wildman–Crippen MR) is 71.8 cm³/mol. The van der Waals surface area contributed by atoms with E-state index in [1.54, 1.807) is 0 Å². The van der Waals surface area contributed by atoms with Gasteiger partial charge in [0.05, 0.1) is 0 Å². The minimum atomic E-state index is 0.179. The van der Waals surface area contributed by atoms with E-state index in [0.717, 1.165) is 6.42 Å². The topological polar surface area (TPSA) is 26.0 Å². The molecule has 0 aromatic heterocycles. The third-order valence-electron chi connectivity index (χ3n) is 3.24. The zero-order valence-electron chi connectivity index (χ0n) is 11.2. The van der Waals surface area contributed by atoms with Gasteiger partial charge in [-0.1, -0.05) is 52.8 Å². The number of hydrogen-bond donors (Lipinski definition) is 1. The molecule has 0 amide bonds. The van der Waals surface area contributed by atoms with Gasteiger partial charge in [-0.2, -0.15) is 0 Å². The van der Waals surface area contributed by atoms with Gasteiger partial charge >= 0.3 is 0 Å². The molecular weight excluding hydrogens is 194 g/mol. The van der Waals surface area contributed by atoms with Crippen LogP contribution in [0.5, 0.6) is 0 Å². The van der Waals surface area contributed by atoms with Crippen molar-refractivity contribution in [3.63, 3.8) is 0 Å². The second kappa shape index (κ2) is 5.49. The zero-order valence-corrected chi connectivity index (χ0v) is 11.2. The number of benzene rings is 1. The third-order valence-corrected chi connectivity index (χ3v) is 3.24. The van der Waals surface area contributed by atoms with Crippen molar-refractivity contribution in [1.82, 2.24) is 0 Å². The van der Waals surface area contributed by atoms with Crippen LogP contribution >= 0.6 is 0 Å². The summed E-state index contributed by atoms with van der Waals surface area (Å²) in [6.07, 6.45) is 1.00. The van der Waals surface area contributed by atoms with E-state index >= 15 is 0 Å². The molecule has 1 nitrogen and oxygen atoms in total. The van der Waals surface area contributed by atoms with Crippen LogP contribution in [0.4, 0.5) is 0 Å². The largest absolute Gasteiger partial charge is 0.324 e. The van der Waals surface area contributed by atoms with E-state index in [1.165, 1.54) is 16.7 Å². The maximum absolute atomic E-state index is 6.16. The van der Waals surface area contributed by atoms with Gasteiger partial charge in [-0.05, 0) is 34.9 Å². The third kappa shape index (κ3) is 2.85. The number of nitrogens with two attached hydrogens (primary N) is 1. The molecule has 0 bridgehead atoms. The molecule has 0 saturated carbocycles. The normalized spacial score (nSPS) is 13.5. The lowest BCUT2D eigenvalue weighted by Gasteiger charge is -2.20. The molecule has 0 aliphatic rings. The Morgan fingerprint density at radius 1 is 1.00 bits per heavy atom. The molecule has 1 heteroatoms. The van der Waals surface area contributed by atoms with Gasteiger partial charge < -0.3 is 5.73 Å². The molecule has 0 unspecified atom stereocenters. The molecule has 90 valence electrons. The molecule has 1 rings (SSSR count). The van der Waals surface area contributed by atoms with Crippen molar-refractivity contribution < 1.29 is 0 Å². The van der Waals surface area contributed by atoms with Crippen LogP contribution in [0.15, 0.2) is 18.2 Å². The lowest BCUT2D eigenvalue weighted by atomic mass is 9.88. The van der Waals surface area contributed by atoms with Crippen molar-refractivity contribution in [2.75, 3.05) is 0 Å². The number of rotatable bonds is 4. The Hall–Kier alpha value is -0.820. The second-order valence-corrected chi connectivity index (χ2v) is 5.21. The Kier molecular flexibility index (Phi) is 4.55. The molecule has 16 heavy (non-hydrogen) atoms. The summed E-state index contributed by atoms with van der Waals surface area (Å²) in [4.78, 5) is 0. The number of hydrogen-bond acceptors (Lipinski definition) is 1. The molecule has 0 saturated heterocycles. The molecule has 0 radical (unpaired) electrons. The Labute approximate surface area is 100 Å². The minimum absolute atomic E-state index is 0.179. The first-order valence-corrected chi connectivity index (χ1v) is 6.36. The summed E-state index contributed by atoms with van der Waals surface area (Å²) < 4.78 is 0. The summed E-state index contributed by atoms with van der Waals surface area (Å²) in [6.45, 7) is 11.1. The smallest absolute Gasteiger partial charge is 0.0295 e. The fourth-order valence-corrected chi connectivity index (χ4v) is 2.01. The standard InChI is InChI=1S/C15H25N/c1-6-15(16)13-8-7-12(10(2)3)9-14(13)11(4)5/h7-11,15H,6,16H2,1-5H3/t15-/m1/s1. The Morgan fingerprint density at radius 2 is 1.62 bits per heavy atom. The summed E-state index contributed by atoms with van der Waals surface area (Å²) in [5.41, 5.74) is 10.3. The van der Waals surface area contributed by atoms with E-state index in [4.69, 9.17) is 5.73 Å². The fourth-order valence-electron chi connectivity index (χ4n) is 2.01. The molecule has 1 atom stereocenters. The minimum Gasteiger partial charge on any atom is -0.324 e. The van der Waals surface area contributed by atoms with Crippen molar-refractivity contribution in [2.45, 2.75) is 58.9 Å². The average molecular weight is 219 g/mol. The predicted octanol–water partition coefficient (Wildman–Crippen LogP) is 4.34. The van der Waals surface area contributed by atoms with E-state index in [1.807, 2.05) is 0 Å². The van der Waals surface area contributed by atoms with Gasteiger partial charge in [-0.15, -0.1) is 0 Å². The molecule has 2 N–H and O–H groups in total. The highest BCUT2D eigenvalue weighted by Crippen LogP contribution is 2.28. The highest BCUT2D eigenvalue weighted by Gasteiger charge is 2.13. The summed E-state index contributed by atoms with van der Waals surface area (Å²) >= 11 is 0. The van der Waals surface area contributed by atoms with Crippen LogP contribution in [0.3, 0.4) is 0 Å². The summed E-state index contributed by atoms with van der Waals surface area (Å²) in [5.74, 6) is 1.13. The van der Waals surface area contributed by atoms with Gasteiger partial charge in [-0.3, -0.25) is 0 Å². The Balaban J connectivity index is 3.19. The summed E-state index contributed by atoms with van der Waals surface area (Å²) in [7, 11) is 0. The van der Waals surface area contributed by atoms with Crippen LogP contribution in [0.25, 0.3) is 0 Å². The maximum Gasteiger partial charge on any atom is 0.0295 e. The molecule has 0 heterocycles. The first-order chi connectivity index (χ1) is 7.47. The molecule has 0 aliphatic carbocycles. The second-order valence-electron chi connectivity index (χ2n) is 5.21. The van der Waals surface area contributed by atoms with Gasteiger partial charge in [0.2, 0.25) is 0 Å². The van der Waals surface area contributed by atoms with Crippen molar-refractivity contribution >= 4 is 0 Å². The summed E-state index contributed by atoms with van der Waals surface area (Å²) in [6, 6.07) is 6.96. The van der Waals surface area contributed by atoms with Crippen LogP contribution in [-0.4, -0.2) is 0 Å². The van der Waals surface area contributed by atoms with Gasteiger partial charge in [0.25, 0.3) is 0 Å². The monoisotopic (exact) mass is 219 g/mol.